The molecule has 0 saturated carbocycles. The monoisotopic (exact) mass is 204 g/mol. The van der Waals surface area contributed by atoms with Crippen LogP contribution in [-0.2, 0) is 14.3 Å². The van der Waals surface area contributed by atoms with Crippen molar-refractivity contribution in [3.63, 3.8) is 0 Å². The summed E-state index contributed by atoms with van der Waals surface area (Å²) in [5, 5.41) is 11.2. The molecule has 0 bridgehead atoms. The summed E-state index contributed by atoms with van der Waals surface area (Å²) in [4.78, 5) is 22.5. The normalized spacial score (nSPS) is 9.93. The lowest BCUT2D eigenvalue weighted by Gasteiger charge is -2.19. The van der Waals surface area contributed by atoms with Crippen molar-refractivity contribution in [3.8, 4) is 0 Å². The lowest BCUT2D eigenvalue weighted by atomic mass is 10.4. The predicted octanol–water partition coefficient (Wildman–Crippen LogP) is -1.80. The zero-order valence-electron chi connectivity index (χ0n) is 8.23. The number of esters is 1. The highest BCUT2D eigenvalue weighted by Gasteiger charge is 2.09. The molecule has 0 aromatic carbocycles. The predicted molar refractivity (Wildman–Crippen MR) is 49.6 cm³/mol. The van der Waals surface area contributed by atoms with Crippen LogP contribution in [0.25, 0.3) is 0 Å². The molecule has 0 aromatic heterocycles. The van der Waals surface area contributed by atoms with E-state index in [0.717, 1.165) is 0 Å². The van der Waals surface area contributed by atoms with E-state index in [0.29, 0.717) is 26.0 Å². The quantitative estimate of drug-likeness (QED) is 0.277. The fourth-order valence-electron chi connectivity index (χ4n) is 0.940. The number of hydrogen-bond donors (Lipinski definition) is 2. The first-order valence-corrected chi connectivity index (χ1v) is 4.31. The molecule has 0 aromatic rings. The van der Waals surface area contributed by atoms with Gasteiger partial charge in [0.2, 0.25) is 6.41 Å². The molecule has 1 amide bonds. The second-order valence-corrected chi connectivity index (χ2v) is 2.65. The number of carbonyl (C=O) groups is 2. The van der Waals surface area contributed by atoms with Crippen LogP contribution in [0.4, 0.5) is 0 Å². The smallest absolute Gasteiger partial charge is 0.319 e. The molecule has 0 spiro atoms. The Morgan fingerprint density at radius 1 is 1.57 bits per heavy atom. The van der Waals surface area contributed by atoms with E-state index < -0.39 is 0 Å². The Kier molecular flexibility index (Phi) is 7.77. The maximum absolute atomic E-state index is 10.9. The van der Waals surface area contributed by atoms with Gasteiger partial charge in [-0.3, -0.25) is 14.5 Å². The van der Waals surface area contributed by atoms with Crippen molar-refractivity contribution >= 4 is 12.4 Å². The molecule has 0 rings (SSSR count). The van der Waals surface area contributed by atoms with Crippen LogP contribution in [-0.4, -0.2) is 62.3 Å². The number of nitrogens with one attached hydrogen (secondary N) is 1. The Hall–Kier alpha value is -1.14. The van der Waals surface area contributed by atoms with E-state index in [1.54, 1.807) is 4.90 Å². The van der Waals surface area contributed by atoms with Crippen LogP contribution in [0.1, 0.15) is 0 Å². The van der Waals surface area contributed by atoms with Gasteiger partial charge in [0, 0.05) is 19.6 Å². The largest absolute Gasteiger partial charge is 0.468 e. The summed E-state index contributed by atoms with van der Waals surface area (Å²) in [6, 6.07) is 0. The van der Waals surface area contributed by atoms with Crippen LogP contribution >= 0.6 is 0 Å². The van der Waals surface area contributed by atoms with Crippen LogP contribution in [0.2, 0.25) is 0 Å². The fraction of sp³-hybridized carbons (Fsp3) is 0.750. The van der Waals surface area contributed by atoms with Gasteiger partial charge in [-0.05, 0) is 0 Å². The number of ether oxygens (including phenoxy) is 1. The Bertz CT molecular complexity index is 175. The standard InChI is InChI=1S/C8H16N2O4/c1-14-8(13)6-10(4-5-11)3-2-9-7-12/h7,11H,2-6H2,1H3,(H,9,12). The number of nitrogens with zero attached hydrogens (tertiary/aromatic N) is 1. The van der Waals surface area contributed by atoms with E-state index in [9.17, 15) is 9.59 Å². The maximum Gasteiger partial charge on any atom is 0.319 e. The average Bonchev–Trinajstić information content (AvgIpc) is 2.18. The molecule has 14 heavy (non-hydrogen) atoms. The molecular formula is C8H16N2O4. The minimum atomic E-state index is -0.357. The lowest BCUT2D eigenvalue weighted by Crippen LogP contribution is -2.37. The molecule has 0 aliphatic heterocycles. The van der Waals surface area contributed by atoms with E-state index in [4.69, 9.17) is 5.11 Å². The van der Waals surface area contributed by atoms with Gasteiger partial charge < -0.3 is 15.2 Å². The van der Waals surface area contributed by atoms with Crippen molar-refractivity contribution in [1.29, 1.82) is 0 Å². The van der Waals surface area contributed by atoms with E-state index in [2.05, 4.69) is 10.1 Å². The highest BCUT2D eigenvalue weighted by molar-refractivity contribution is 5.71. The third-order valence-corrected chi connectivity index (χ3v) is 1.65. The van der Waals surface area contributed by atoms with Gasteiger partial charge in [-0.15, -0.1) is 0 Å². The SMILES string of the molecule is COC(=O)CN(CCO)CCNC=O. The molecule has 0 radical (unpaired) electrons. The third-order valence-electron chi connectivity index (χ3n) is 1.65. The molecule has 0 fully saturated rings. The fourth-order valence-corrected chi connectivity index (χ4v) is 0.940. The summed E-state index contributed by atoms with van der Waals surface area (Å²) < 4.78 is 4.48. The number of methoxy groups -OCH3 is 1. The van der Waals surface area contributed by atoms with Crippen LogP contribution in [0.5, 0.6) is 0 Å². The molecule has 2 N–H and O–H groups in total. The van der Waals surface area contributed by atoms with E-state index >= 15 is 0 Å². The first-order chi connectivity index (χ1) is 6.74. The summed E-state index contributed by atoms with van der Waals surface area (Å²) in [6.45, 7) is 1.43. The van der Waals surface area contributed by atoms with Gasteiger partial charge in [-0.25, -0.2) is 0 Å². The maximum atomic E-state index is 10.9. The van der Waals surface area contributed by atoms with Gasteiger partial charge in [0.25, 0.3) is 0 Å². The van der Waals surface area contributed by atoms with E-state index in [1.165, 1.54) is 7.11 Å². The molecule has 0 unspecified atom stereocenters. The molecule has 6 heteroatoms. The Balaban J connectivity index is 3.75. The summed E-state index contributed by atoms with van der Waals surface area (Å²) in [5.74, 6) is -0.357. The second-order valence-electron chi connectivity index (χ2n) is 2.65. The highest BCUT2D eigenvalue weighted by atomic mass is 16.5. The average molecular weight is 204 g/mol. The van der Waals surface area contributed by atoms with Gasteiger partial charge in [0.05, 0.1) is 20.3 Å². The second kappa shape index (κ2) is 8.46. The van der Waals surface area contributed by atoms with Gasteiger partial charge in [-0.1, -0.05) is 0 Å². The number of hydrogen-bond acceptors (Lipinski definition) is 5. The Morgan fingerprint density at radius 3 is 2.79 bits per heavy atom. The van der Waals surface area contributed by atoms with E-state index in [-0.39, 0.29) is 19.1 Å². The molecule has 0 atom stereocenters. The minimum Gasteiger partial charge on any atom is -0.468 e. The summed E-state index contributed by atoms with van der Waals surface area (Å²) in [6.07, 6.45) is 0.593. The van der Waals surface area contributed by atoms with Crippen LogP contribution in [0.3, 0.4) is 0 Å². The summed E-state index contributed by atoms with van der Waals surface area (Å²) in [5.41, 5.74) is 0. The van der Waals surface area contributed by atoms with Crippen molar-refractivity contribution < 1.29 is 19.4 Å². The number of amides is 1. The lowest BCUT2D eigenvalue weighted by molar-refractivity contribution is -0.142. The number of aliphatic hydroxyl groups excluding tert-OH is 1. The molecule has 0 heterocycles. The molecule has 0 aliphatic carbocycles. The Morgan fingerprint density at radius 2 is 2.29 bits per heavy atom. The highest BCUT2D eigenvalue weighted by Crippen LogP contribution is 1.87. The Labute approximate surface area is 82.8 Å². The van der Waals surface area contributed by atoms with Gasteiger partial charge in [0.1, 0.15) is 0 Å². The first kappa shape index (κ1) is 12.9. The van der Waals surface area contributed by atoms with Crippen molar-refractivity contribution in [2.24, 2.45) is 0 Å². The molecule has 82 valence electrons. The van der Waals surface area contributed by atoms with Crippen molar-refractivity contribution in [2.75, 3.05) is 39.9 Å². The van der Waals surface area contributed by atoms with Crippen molar-refractivity contribution in [3.05, 3.63) is 0 Å². The van der Waals surface area contributed by atoms with Crippen LogP contribution in [0.15, 0.2) is 0 Å². The van der Waals surface area contributed by atoms with Gasteiger partial charge >= 0.3 is 5.97 Å². The van der Waals surface area contributed by atoms with Gasteiger partial charge in [-0.2, -0.15) is 0 Å². The van der Waals surface area contributed by atoms with Crippen LogP contribution < -0.4 is 5.32 Å². The van der Waals surface area contributed by atoms with Crippen molar-refractivity contribution in [2.45, 2.75) is 0 Å². The summed E-state index contributed by atoms with van der Waals surface area (Å²) in [7, 11) is 1.31. The number of carbonyl (C=O) groups excluding carboxylic acids is 2. The van der Waals surface area contributed by atoms with Gasteiger partial charge in [0.15, 0.2) is 0 Å². The molecule has 0 saturated heterocycles. The molecule has 0 aliphatic rings. The summed E-state index contributed by atoms with van der Waals surface area (Å²) >= 11 is 0. The first-order valence-electron chi connectivity index (χ1n) is 4.31. The zero-order chi connectivity index (χ0) is 10.8. The number of aliphatic hydroxyl groups is 1. The number of rotatable bonds is 8. The minimum absolute atomic E-state index is 0.0297. The molecule has 6 nitrogen and oxygen atoms in total. The zero-order valence-corrected chi connectivity index (χ0v) is 8.23. The topological polar surface area (TPSA) is 78.9 Å². The van der Waals surface area contributed by atoms with Crippen molar-refractivity contribution in [1.82, 2.24) is 10.2 Å². The third kappa shape index (κ3) is 6.38. The van der Waals surface area contributed by atoms with E-state index in [1.807, 2.05) is 0 Å². The molecular weight excluding hydrogens is 188 g/mol. The van der Waals surface area contributed by atoms with Crippen LogP contribution in [0, 0.1) is 0 Å².